The quantitative estimate of drug-likeness (QED) is 0.820. The Morgan fingerprint density at radius 3 is 2.83 bits per heavy atom. The molecule has 122 valence electrons. The third-order valence-corrected chi connectivity index (χ3v) is 4.17. The predicted molar refractivity (Wildman–Crippen MR) is 88.5 cm³/mol. The van der Waals surface area contributed by atoms with Crippen LogP contribution in [0.5, 0.6) is 11.6 Å². The number of hydrogen-bond donors (Lipinski definition) is 0. The maximum atomic E-state index is 5.76. The number of benzene rings is 1. The van der Waals surface area contributed by atoms with Gasteiger partial charge in [-0.2, -0.15) is 0 Å². The lowest BCUT2D eigenvalue weighted by Crippen LogP contribution is -2.37. The molecule has 0 bridgehead atoms. The molecule has 1 aliphatic rings. The van der Waals surface area contributed by atoms with Crippen LogP contribution in [0.1, 0.15) is 18.4 Å². The number of methoxy groups -OCH3 is 1. The second kappa shape index (κ2) is 7.92. The maximum absolute atomic E-state index is 5.76. The molecular weight excluding hydrogens is 290 g/mol. The summed E-state index contributed by atoms with van der Waals surface area (Å²) in [6.07, 6.45) is 7.40. The number of nitrogens with zero attached hydrogens (tertiary/aromatic N) is 3. The van der Waals surface area contributed by atoms with Gasteiger partial charge in [-0.3, -0.25) is 9.88 Å². The Labute approximate surface area is 137 Å². The lowest BCUT2D eigenvalue weighted by atomic mass is 9.98. The molecule has 0 aliphatic carbocycles. The number of hydrogen-bond acceptors (Lipinski definition) is 5. The van der Waals surface area contributed by atoms with Gasteiger partial charge in [-0.15, -0.1) is 0 Å². The minimum Gasteiger partial charge on any atom is -0.497 e. The first-order valence-corrected chi connectivity index (χ1v) is 8.07. The summed E-state index contributed by atoms with van der Waals surface area (Å²) in [7, 11) is 1.70. The van der Waals surface area contributed by atoms with Gasteiger partial charge in [0.25, 0.3) is 0 Å². The summed E-state index contributed by atoms with van der Waals surface area (Å²) in [5.74, 6) is 2.06. The van der Waals surface area contributed by atoms with Gasteiger partial charge in [-0.1, -0.05) is 12.1 Å². The van der Waals surface area contributed by atoms with Crippen molar-refractivity contribution in [3.05, 3.63) is 48.4 Å². The lowest BCUT2D eigenvalue weighted by molar-refractivity contribution is 0.123. The summed E-state index contributed by atoms with van der Waals surface area (Å²) in [4.78, 5) is 10.7. The average molecular weight is 313 g/mol. The Hall–Kier alpha value is -2.14. The van der Waals surface area contributed by atoms with Crippen LogP contribution in [0.25, 0.3) is 0 Å². The molecule has 1 aromatic carbocycles. The van der Waals surface area contributed by atoms with E-state index in [2.05, 4.69) is 27.0 Å². The van der Waals surface area contributed by atoms with Crippen molar-refractivity contribution in [3.63, 3.8) is 0 Å². The molecule has 1 atom stereocenters. The lowest BCUT2D eigenvalue weighted by Gasteiger charge is -2.32. The molecule has 5 nitrogen and oxygen atoms in total. The van der Waals surface area contributed by atoms with E-state index in [4.69, 9.17) is 9.47 Å². The smallest absolute Gasteiger partial charge is 0.232 e. The van der Waals surface area contributed by atoms with Crippen molar-refractivity contribution >= 4 is 0 Å². The second-order valence-corrected chi connectivity index (χ2v) is 5.95. The number of likely N-dealkylation sites (tertiary alicyclic amines) is 1. The van der Waals surface area contributed by atoms with E-state index in [9.17, 15) is 0 Å². The zero-order valence-corrected chi connectivity index (χ0v) is 13.5. The van der Waals surface area contributed by atoms with E-state index in [1.165, 1.54) is 18.4 Å². The summed E-state index contributed by atoms with van der Waals surface area (Å²) >= 11 is 0. The first kappa shape index (κ1) is 15.7. The fraction of sp³-hybridized carbons (Fsp3) is 0.444. The normalized spacial score (nSPS) is 18.6. The molecule has 1 unspecified atom stereocenters. The molecule has 0 N–H and O–H groups in total. The van der Waals surface area contributed by atoms with Crippen molar-refractivity contribution in [3.8, 4) is 11.6 Å². The van der Waals surface area contributed by atoms with Crippen LogP contribution in [0, 0.1) is 5.92 Å². The van der Waals surface area contributed by atoms with Gasteiger partial charge in [0.15, 0.2) is 0 Å². The first-order valence-electron chi connectivity index (χ1n) is 8.07. The van der Waals surface area contributed by atoms with Crippen LogP contribution in [0.2, 0.25) is 0 Å². The summed E-state index contributed by atoms with van der Waals surface area (Å²) < 4.78 is 11.0. The van der Waals surface area contributed by atoms with E-state index in [0.717, 1.165) is 25.4 Å². The molecule has 2 aromatic rings. The third-order valence-electron chi connectivity index (χ3n) is 4.17. The molecule has 2 heterocycles. The monoisotopic (exact) mass is 313 g/mol. The molecule has 1 aliphatic heterocycles. The van der Waals surface area contributed by atoms with E-state index in [1.807, 2.05) is 12.1 Å². The van der Waals surface area contributed by atoms with Crippen molar-refractivity contribution in [2.75, 3.05) is 26.8 Å². The zero-order valence-electron chi connectivity index (χ0n) is 13.5. The van der Waals surface area contributed by atoms with Gasteiger partial charge in [-0.25, -0.2) is 4.98 Å². The van der Waals surface area contributed by atoms with Gasteiger partial charge in [0.2, 0.25) is 5.88 Å². The fourth-order valence-corrected chi connectivity index (χ4v) is 2.98. The van der Waals surface area contributed by atoms with E-state index < -0.39 is 0 Å². The van der Waals surface area contributed by atoms with Crippen LogP contribution in [-0.2, 0) is 6.54 Å². The number of aromatic nitrogens is 2. The summed E-state index contributed by atoms with van der Waals surface area (Å²) in [6, 6.07) is 8.32. The molecule has 1 fully saturated rings. The van der Waals surface area contributed by atoms with Gasteiger partial charge in [0.1, 0.15) is 5.75 Å². The molecule has 0 saturated carbocycles. The Balaban J connectivity index is 1.49. The van der Waals surface area contributed by atoms with Crippen molar-refractivity contribution < 1.29 is 9.47 Å². The Kier molecular flexibility index (Phi) is 5.42. The van der Waals surface area contributed by atoms with Gasteiger partial charge in [0.05, 0.1) is 19.9 Å². The Morgan fingerprint density at radius 2 is 2.09 bits per heavy atom. The summed E-state index contributed by atoms with van der Waals surface area (Å²) in [5.41, 5.74) is 1.32. The molecule has 1 aromatic heterocycles. The molecule has 0 radical (unpaired) electrons. The van der Waals surface area contributed by atoms with Gasteiger partial charge in [-0.05, 0) is 37.1 Å². The molecule has 5 heteroatoms. The highest BCUT2D eigenvalue weighted by molar-refractivity contribution is 5.27. The van der Waals surface area contributed by atoms with E-state index in [0.29, 0.717) is 18.4 Å². The molecule has 23 heavy (non-hydrogen) atoms. The predicted octanol–water partition coefficient (Wildman–Crippen LogP) is 2.78. The Bertz CT molecular complexity index is 589. The van der Waals surface area contributed by atoms with E-state index >= 15 is 0 Å². The molecular formula is C18H23N3O2. The third kappa shape index (κ3) is 4.66. The highest BCUT2D eigenvalue weighted by Gasteiger charge is 2.20. The summed E-state index contributed by atoms with van der Waals surface area (Å²) in [6.45, 7) is 3.89. The summed E-state index contributed by atoms with van der Waals surface area (Å²) in [5, 5.41) is 0. The molecule has 1 saturated heterocycles. The van der Waals surface area contributed by atoms with Crippen molar-refractivity contribution in [2.45, 2.75) is 19.4 Å². The Morgan fingerprint density at radius 1 is 1.22 bits per heavy atom. The van der Waals surface area contributed by atoms with E-state index in [1.54, 1.807) is 25.7 Å². The van der Waals surface area contributed by atoms with Gasteiger partial charge in [0, 0.05) is 31.4 Å². The van der Waals surface area contributed by atoms with Crippen LogP contribution in [0.3, 0.4) is 0 Å². The van der Waals surface area contributed by atoms with Crippen LogP contribution >= 0.6 is 0 Å². The van der Waals surface area contributed by atoms with Gasteiger partial charge >= 0.3 is 0 Å². The molecule has 0 amide bonds. The largest absolute Gasteiger partial charge is 0.497 e. The van der Waals surface area contributed by atoms with Crippen molar-refractivity contribution in [2.24, 2.45) is 5.92 Å². The van der Waals surface area contributed by atoms with Crippen LogP contribution in [0.15, 0.2) is 42.9 Å². The SMILES string of the molecule is COc1ccc(CN2CCCC(COc3cnccn3)C2)cc1. The zero-order chi connectivity index (χ0) is 15.9. The van der Waals surface area contributed by atoms with Gasteiger partial charge < -0.3 is 9.47 Å². The minimum absolute atomic E-state index is 0.545. The highest BCUT2D eigenvalue weighted by Crippen LogP contribution is 2.20. The molecule has 0 spiro atoms. The molecule has 3 rings (SSSR count). The number of rotatable bonds is 6. The van der Waals surface area contributed by atoms with Crippen molar-refractivity contribution in [1.29, 1.82) is 0 Å². The first-order chi connectivity index (χ1) is 11.3. The topological polar surface area (TPSA) is 47.5 Å². The average Bonchev–Trinajstić information content (AvgIpc) is 2.62. The van der Waals surface area contributed by atoms with E-state index in [-0.39, 0.29) is 0 Å². The second-order valence-electron chi connectivity index (χ2n) is 5.95. The highest BCUT2D eigenvalue weighted by atomic mass is 16.5. The standard InChI is InChI=1S/C18H23N3O2/c1-22-17-6-4-15(5-7-17)12-21-10-2-3-16(13-21)14-23-18-11-19-8-9-20-18/h4-9,11,16H,2-3,10,12-14H2,1H3. The van der Waals surface area contributed by atoms with Crippen molar-refractivity contribution in [1.82, 2.24) is 14.9 Å². The fourth-order valence-electron chi connectivity index (χ4n) is 2.98. The minimum atomic E-state index is 0.545. The van der Waals surface area contributed by atoms with Crippen LogP contribution < -0.4 is 9.47 Å². The number of ether oxygens (including phenoxy) is 2. The van der Waals surface area contributed by atoms with Crippen LogP contribution in [-0.4, -0.2) is 41.7 Å². The maximum Gasteiger partial charge on any atom is 0.232 e. The van der Waals surface area contributed by atoms with Crippen LogP contribution in [0.4, 0.5) is 0 Å². The number of piperidine rings is 1.